The van der Waals surface area contributed by atoms with Crippen LogP contribution >= 0.6 is 15.9 Å². The van der Waals surface area contributed by atoms with Gasteiger partial charge in [-0.25, -0.2) is 10.2 Å². The normalized spacial score (nSPS) is 11.7. The predicted molar refractivity (Wildman–Crippen MR) is 123 cm³/mol. The van der Waals surface area contributed by atoms with Crippen LogP contribution in [0.25, 0.3) is 0 Å². The fourth-order valence-electron chi connectivity index (χ4n) is 2.52. The average Bonchev–Trinajstić information content (AvgIpc) is 2.77. The van der Waals surface area contributed by atoms with Crippen LogP contribution in [0.4, 0.5) is 0 Å². The molecule has 0 radical (unpaired) electrons. The molecule has 6 nitrogen and oxygen atoms in total. The van der Waals surface area contributed by atoms with Crippen LogP contribution in [0.2, 0.25) is 0 Å². The molecule has 1 amide bonds. The van der Waals surface area contributed by atoms with E-state index in [1.165, 1.54) is 6.21 Å². The summed E-state index contributed by atoms with van der Waals surface area (Å²) in [7, 11) is 0. The van der Waals surface area contributed by atoms with Crippen molar-refractivity contribution in [2.45, 2.75) is 20.0 Å². The molecular formula is C24H21BrN2O4. The van der Waals surface area contributed by atoms with Crippen LogP contribution in [-0.4, -0.2) is 24.2 Å². The first-order chi connectivity index (χ1) is 14.9. The van der Waals surface area contributed by atoms with Gasteiger partial charge in [-0.1, -0.05) is 29.8 Å². The summed E-state index contributed by atoms with van der Waals surface area (Å²) >= 11 is 3.38. The first kappa shape index (κ1) is 22.2. The van der Waals surface area contributed by atoms with Gasteiger partial charge in [0.25, 0.3) is 5.91 Å². The monoisotopic (exact) mass is 480 g/mol. The Bertz CT molecular complexity index is 1080. The summed E-state index contributed by atoms with van der Waals surface area (Å²) in [5.41, 5.74) is 4.73. The second kappa shape index (κ2) is 10.5. The van der Waals surface area contributed by atoms with E-state index in [1.807, 2.05) is 37.3 Å². The summed E-state index contributed by atoms with van der Waals surface area (Å²) in [4.78, 5) is 24.3. The molecular weight excluding hydrogens is 460 g/mol. The Kier molecular flexibility index (Phi) is 7.56. The Morgan fingerprint density at radius 2 is 1.68 bits per heavy atom. The molecule has 1 N–H and O–H groups in total. The summed E-state index contributed by atoms with van der Waals surface area (Å²) in [6, 6.07) is 21.2. The SMILES string of the molecule is Cc1ccc(C(=O)Oc2ccc(C=NNC(=O)C(C)Oc3ccccc3Br)cc2)cc1. The third-order valence-electron chi connectivity index (χ3n) is 4.28. The van der Waals surface area contributed by atoms with Crippen LogP contribution in [0.1, 0.15) is 28.4 Å². The molecule has 0 aliphatic heterocycles. The van der Waals surface area contributed by atoms with Gasteiger partial charge in [-0.3, -0.25) is 4.79 Å². The maximum Gasteiger partial charge on any atom is 0.343 e. The number of rotatable bonds is 7. The van der Waals surface area contributed by atoms with E-state index in [9.17, 15) is 9.59 Å². The number of carbonyl (C=O) groups is 2. The minimum atomic E-state index is -0.723. The number of para-hydroxylation sites is 1. The highest BCUT2D eigenvalue weighted by Gasteiger charge is 2.15. The molecule has 0 bridgehead atoms. The third-order valence-corrected chi connectivity index (χ3v) is 4.93. The number of hydrazone groups is 1. The number of nitrogens with zero attached hydrogens (tertiary/aromatic N) is 1. The van der Waals surface area contributed by atoms with E-state index in [1.54, 1.807) is 49.4 Å². The van der Waals surface area contributed by atoms with Crippen molar-refractivity contribution in [3.8, 4) is 11.5 Å². The maximum atomic E-state index is 12.2. The lowest BCUT2D eigenvalue weighted by Gasteiger charge is -2.13. The average molecular weight is 481 g/mol. The first-order valence-corrected chi connectivity index (χ1v) is 10.3. The molecule has 0 saturated carbocycles. The van der Waals surface area contributed by atoms with Crippen LogP contribution in [0, 0.1) is 6.92 Å². The predicted octanol–water partition coefficient (Wildman–Crippen LogP) is 4.89. The molecule has 0 spiro atoms. The number of carbonyl (C=O) groups excluding carboxylic acids is 2. The summed E-state index contributed by atoms with van der Waals surface area (Å²) in [5, 5.41) is 3.95. The second-order valence-corrected chi connectivity index (χ2v) is 7.60. The summed E-state index contributed by atoms with van der Waals surface area (Å²) in [6.07, 6.45) is 0.772. The number of esters is 1. The summed E-state index contributed by atoms with van der Waals surface area (Å²) < 4.78 is 11.8. The number of ether oxygens (including phenoxy) is 2. The van der Waals surface area contributed by atoms with Gasteiger partial charge in [-0.2, -0.15) is 5.10 Å². The number of halogens is 1. The molecule has 0 saturated heterocycles. The van der Waals surface area contributed by atoms with Gasteiger partial charge in [0.1, 0.15) is 11.5 Å². The molecule has 3 aromatic rings. The van der Waals surface area contributed by atoms with Crippen molar-refractivity contribution in [2.75, 3.05) is 0 Å². The van der Waals surface area contributed by atoms with E-state index < -0.39 is 12.1 Å². The van der Waals surface area contributed by atoms with Gasteiger partial charge in [-0.05, 0) is 83.9 Å². The number of nitrogens with one attached hydrogen (secondary N) is 1. The topological polar surface area (TPSA) is 77.0 Å². The molecule has 31 heavy (non-hydrogen) atoms. The Hall–Kier alpha value is -3.45. The molecule has 0 aliphatic carbocycles. The molecule has 0 aliphatic rings. The Balaban J connectivity index is 1.51. The first-order valence-electron chi connectivity index (χ1n) is 9.55. The zero-order valence-corrected chi connectivity index (χ0v) is 18.6. The Labute approximate surface area is 189 Å². The lowest BCUT2D eigenvalue weighted by atomic mass is 10.1. The van der Waals surface area contributed by atoms with Gasteiger partial charge in [0.2, 0.25) is 0 Å². The fourth-order valence-corrected chi connectivity index (χ4v) is 2.90. The number of hydrogen-bond acceptors (Lipinski definition) is 5. The quantitative estimate of drug-likeness (QED) is 0.226. The lowest BCUT2D eigenvalue weighted by Crippen LogP contribution is -2.33. The minimum absolute atomic E-state index is 0.379. The largest absolute Gasteiger partial charge is 0.480 e. The molecule has 3 rings (SSSR count). The van der Waals surface area contributed by atoms with Crippen molar-refractivity contribution in [3.05, 3.63) is 94.0 Å². The maximum absolute atomic E-state index is 12.2. The Morgan fingerprint density at radius 1 is 1.00 bits per heavy atom. The number of amides is 1. The molecule has 1 atom stereocenters. The van der Waals surface area contributed by atoms with Crippen LogP contribution in [0.5, 0.6) is 11.5 Å². The number of hydrogen-bond donors (Lipinski definition) is 1. The van der Waals surface area contributed by atoms with E-state index in [0.717, 1.165) is 15.6 Å². The summed E-state index contributed by atoms with van der Waals surface area (Å²) in [6.45, 7) is 3.59. The lowest BCUT2D eigenvalue weighted by molar-refractivity contribution is -0.127. The van der Waals surface area contributed by atoms with E-state index in [-0.39, 0.29) is 5.91 Å². The van der Waals surface area contributed by atoms with Gasteiger partial charge >= 0.3 is 5.97 Å². The van der Waals surface area contributed by atoms with Crippen LogP contribution in [-0.2, 0) is 4.79 Å². The molecule has 0 aromatic heterocycles. The van der Waals surface area contributed by atoms with Crippen molar-refractivity contribution in [1.82, 2.24) is 5.43 Å². The third kappa shape index (κ3) is 6.52. The van der Waals surface area contributed by atoms with Gasteiger partial charge in [0.15, 0.2) is 6.10 Å². The van der Waals surface area contributed by atoms with E-state index in [2.05, 4.69) is 26.5 Å². The van der Waals surface area contributed by atoms with Crippen molar-refractivity contribution in [3.63, 3.8) is 0 Å². The molecule has 0 fully saturated rings. The zero-order valence-electron chi connectivity index (χ0n) is 17.0. The van der Waals surface area contributed by atoms with Gasteiger partial charge in [-0.15, -0.1) is 0 Å². The number of aryl methyl sites for hydroxylation is 1. The minimum Gasteiger partial charge on any atom is -0.480 e. The molecule has 7 heteroatoms. The highest BCUT2D eigenvalue weighted by atomic mass is 79.9. The molecule has 158 valence electrons. The van der Waals surface area contributed by atoms with Crippen LogP contribution in [0.3, 0.4) is 0 Å². The van der Waals surface area contributed by atoms with Crippen molar-refractivity contribution >= 4 is 34.0 Å². The number of benzene rings is 3. The van der Waals surface area contributed by atoms with Crippen molar-refractivity contribution in [1.29, 1.82) is 0 Å². The molecule has 3 aromatic carbocycles. The van der Waals surface area contributed by atoms with Crippen molar-refractivity contribution < 1.29 is 19.1 Å². The highest BCUT2D eigenvalue weighted by molar-refractivity contribution is 9.10. The molecule has 0 heterocycles. The smallest absolute Gasteiger partial charge is 0.343 e. The van der Waals surface area contributed by atoms with Gasteiger partial charge < -0.3 is 9.47 Å². The second-order valence-electron chi connectivity index (χ2n) is 6.75. The zero-order chi connectivity index (χ0) is 22.2. The van der Waals surface area contributed by atoms with E-state index in [4.69, 9.17) is 9.47 Å². The highest BCUT2D eigenvalue weighted by Crippen LogP contribution is 2.24. The van der Waals surface area contributed by atoms with Gasteiger partial charge in [0, 0.05) is 0 Å². The standard InChI is InChI=1S/C24H21BrN2O4/c1-16-7-11-19(12-8-16)24(29)31-20-13-9-18(10-14-20)15-26-27-23(28)17(2)30-22-6-4-3-5-21(22)25/h3-15,17H,1-2H3,(H,27,28). The van der Waals surface area contributed by atoms with E-state index >= 15 is 0 Å². The van der Waals surface area contributed by atoms with E-state index in [0.29, 0.717) is 17.1 Å². The van der Waals surface area contributed by atoms with Crippen LogP contribution in [0.15, 0.2) is 82.4 Å². The Morgan fingerprint density at radius 3 is 2.35 bits per heavy atom. The van der Waals surface area contributed by atoms with Crippen molar-refractivity contribution in [2.24, 2.45) is 5.10 Å². The van der Waals surface area contributed by atoms with Gasteiger partial charge in [0.05, 0.1) is 16.3 Å². The van der Waals surface area contributed by atoms with Crippen LogP contribution < -0.4 is 14.9 Å². The summed E-state index contributed by atoms with van der Waals surface area (Å²) in [5.74, 6) is 0.190. The molecule has 1 unspecified atom stereocenters. The fraction of sp³-hybridized carbons (Fsp3) is 0.125.